The first-order valence-electron chi connectivity index (χ1n) is 7.17. The van der Waals surface area contributed by atoms with E-state index in [0.29, 0.717) is 23.8 Å². The maximum absolute atomic E-state index is 12.8. The van der Waals surface area contributed by atoms with Crippen LogP contribution in [0.25, 0.3) is 0 Å². The van der Waals surface area contributed by atoms with Crippen LogP contribution in [0.2, 0.25) is 0 Å². The van der Waals surface area contributed by atoms with Crippen molar-refractivity contribution >= 4 is 5.91 Å². The summed E-state index contributed by atoms with van der Waals surface area (Å²) in [6, 6.07) is 5.78. The minimum atomic E-state index is -0.309. The molecule has 116 valence electrons. The van der Waals surface area contributed by atoms with Crippen LogP contribution in [-0.4, -0.2) is 22.4 Å². The van der Waals surface area contributed by atoms with Gasteiger partial charge in [-0.3, -0.25) is 4.79 Å². The van der Waals surface area contributed by atoms with Crippen LogP contribution in [0.1, 0.15) is 35.9 Å². The van der Waals surface area contributed by atoms with Crippen LogP contribution < -0.4 is 10.1 Å². The summed E-state index contributed by atoms with van der Waals surface area (Å²) in [5.41, 5.74) is 1.24. The highest BCUT2D eigenvalue weighted by Gasteiger charge is 2.29. The number of imidazole rings is 1. The van der Waals surface area contributed by atoms with E-state index < -0.39 is 0 Å². The molecule has 0 saturated carbocycles. The molecule has 0 bridgehead atoms. The average Bonchev–Trinajstić information content (AvgIpc) is 2.82. The summed E-state index contributed by atoms with van der Waals surface area (Å²) >= 11 is 0. The highest BCUT2D eigenvalue weighted by molar-refractivity contribution is 5.93. The smallest absolute Gasteiger partial charge is 0.271 e. The number of H-pyrrole nitrogens is 1. The number of benzene rings is 1. The fourth-order valence-corrected chi connectivity index (χ4v) is 2.47. The SMILES string of the molecule is CC1(C)CNC(=O)c2nc(COc3ccc(F)cc3)[nH]c2C1. The lowest BCUT2D eigenvalue weighted by Gasteiger charge is -2.21. The molecule has 0 fully saturated rings. The minimum absolute atomic E-state index is 0.0253. The van der Waals surface area contributed by atoms with Crippen molar-refractivity contribution in [3.05, 3.63) is 47.3 Å². The number of hydrogen-bond donors (Lipinski definition) is 2. The van der Waals surface area contributed by atoms with Crippen molar-refractivity contribution in [1.82, 2.24) is 15.3 Å². The van der Waals surface area contributed by atoms with Crippen molar-refractivity contribution in [2.75, 3.05) is 6.54 Å². The van der Waals surface area contributed by atoms with Gasteiger partial charge in [-0.25, -0.2) is 9.37 Å². The number of nitrogens with one attached hydrogen (secondary N) is 2. The first kappa shape index (κ1) is 14.6. The van der Waals surface area contributed by atoms with Crippen LogP contribution in [0.15, 0.2) is 24.3 Å². The van der Waals surface area contributed by atoms with Gasteiger partial charge in [0.2, 0.25) is 0 Å². The Morgan fingerprint density at radius 2 is 2.05 bits per heavy atom. The number of rotatable bonds is 3. The summed E-state index contributed by atoms with van der Waals surface area (Å²) in [4.78, 5) is 19.5. The van der Waals surface area contributed by atoms with Gasteiger partial charge in [-0.2, -0.15) is 0 Å². The summed E-state index contributed by atoms with van der Waals surface area (Å²) in [5, 5.41) is 2.88. The van der Waals surface area contributed by atoms with Crippen molar-refractivity contribution in [3.63, 3.8) is 0 Å². The monoisotopic (exact) mass is 303 g/mol. The van der Waals surface area contributed by atoms with Gasteiger partial charge in [0.15, 0.2) is 0 Å². The lowest BCUT2D eigenvalue weighted by Crippen LogP contribution is -2.32. The lowest BCUT2D eigenvalue weighted by atomic mass is 9.88. The Kier molecular flexibility index (Phi) is 3.60. The fraction of sp³-hybridized carbons (Fsp3) is 0.375. The molecular weight excluding hydrogens is 285 g/mol. The zero-order valence-electron chi connectivity index (χ0n) is 12.6. The molecule has 1 aromatic carbocycles. The van der Waals surface area contributed by atoms with Crippen LogP contribution in [-0.2, 0) is 13.0 Å². The number of ether oxygens (including phenoxy) is 1. The summed E-state index contributed by atoms with van der Waals surface area (Å²) in [6.07, 6.45) is 0.741. The third-order valence-corrected chi connectivity index (χ3v) is 3.61. The summed E-state index contributed by atoms with van der Waals surface area (Å²) in [7, 11) is 0. The lowest BCUT2D eigenvalue weighted by molar-refractivity contribution is 0.0940. The molecule has 2 aromatic rings. The van der Waals surface area contributed by atoms with E-state index in [0.717, 1.165) is 12.1 Å². The average molecular weight is 303 g/mol. The van der Waals surface area contributed by atoms with Crippen LogP contribution in [0.3, 0.4) is 0 Å². The van der Waals surface area contributed by atoms with Crippen molar-refractivity contribution in [3.8, 4) is 5.75 Å². The van der Waals surface area contributed by atoms with E-state index in [9.17, 15) is 9.18 Å². The zero-order chi connectivity index (χ0) is 15.7. The van der Waals surface area contributed by atoms with E-state index in [1.165, 1.54) is 12.1 Å². The molecule has 22 heavy (non-hydrogen) atoms. The number of amides is 1. The molecule has 1 aliphatic rings. The number of carbonyl (C=O) groups excluding carboxylic acids is 1. The number of hydrogen-bond acceptors (Lipinski definition) is 3. The van der Waals surface area contributed by atoms with E-state index in [2.05, 4.69) is 29.1 Å². The van der Waals surface area contributed by atoms with E-state index in [1.54, 1.807) is 12.1 Å². The highest BCUT2D eigenvalue weighted by Crippen LogP contribution is 2.25. The van der Waals surface area contributed by atoms with Crippen LogP contribution in [0.5, 0.6) is 5.75 Å². The molecular formula is C16H18FN3O2. The number of fused-ring (bicyclic) bond motifs is 1. The second kappa shape index (κ2) is 5.44. The standard InChI is InChI=1S/C16H18FN3O2/c1-16(2)7-12-14(15(21)18-9-16)20-13(19-12)8-22-11-5-3-10(17)4-6-11/h3-6H,7-9H2,1-2H3,(H,18,21)(H,19,20). The normalized spacial score (nSPS) is 16.6. The molecule has 0 aliphatic carbocycles. The molecule has 1 amide bonds. The highest BCUT2D eigenvalue weighted by atomic mass is 19.1. The maximum Gasteiger partial charge on any atom is 0.271 e. The molecule has 2 heterocycles. The van der Waals surface area contributed by atoms with Gasteiger partial charge in [-0.1, -0.05) is 13.8 Å². The van der Waals surface area contributed by atoms with Crippen molar-refractivity contribution in [1.29, 1.82) is 0 Å². The predicted octanol–water partition coefficient (Wildman–Crippen LogP) is 2.44. The van der Waals surface area contributed by atoms with Gasteiger partial charge in [0.1, 0.15) is 29.7 Å². The van der Waals surface area contributed by atoms with Crippen molar-refractivity contribution < 1.29 is 13.9 Å². The second-order valence-electron chi connectivity index (χ2n) is 6.28. The van der Waals surface area contributed by atoms with Gasteiger partial charge in [0, 0.05) is 12.2 Å². The van der Waals surface area contributed by atoms with E-state index >= 15 is 0 Å². The Balaban J connectivity index is 1.75. The topological polar surface area (TPSA) is 67.0 Å². The third-order valence-electron chi connectivity index (χ3n) is 3.61. The molecule has 0 unspecified atom stereocenters. The second-order valence-corrected chi connectivity index (χ2v) is 6.28. The Morgan fingerprint density at radius 3 is 2.77 bits per heavy atom. The van der Waals surface area contributed by atoms with Gasteiger partial charge in [-0.05, 0) is 36.1 Å². The van der Waals surface area contributed by atoms with Crippen LogP contribution in [0.4, 0.5) is 4.39 Å². The van der Waals surface area contributed by atoms with Crippen molar-refractivity contribution in [2.24, 2.45) is 5.41 Å². The van der Waals surface area contributed by atoms with Gasteiger partial charge in [-0.15, -0.1) is 0 Å². The number of aromatic nitrogens is 2. The summed E-state index contributed by atoms with van der Waals surface area (Å²) in [6.45, 7) is 5.01. The fourth-order valence-electron chi connectivity index (χ4n) is 2.47. The molecule has 3 rings (SSSR count). The van der Waals surface area contributed by atoms with E-state index in [4.69, 9.17) is 4.74 Å². The molecule has 2 N–H and O–H groups in total. The van der Waals surface area contributed by atoms with Gasteiger partial charge >= 0.3 is 0 Å². The zero-order valence-corrected chi connectivity index (χ0v) is 12.6. The predicted molar refractivity (Wildman–Crippen MR) is 79.1 cm³/mol. The Bertz CT molecular complexity index is 692. The largest absolute Gasteiger partial charge is 0.486 e. The van der Waals surface area contributed by atoms with Gasteiger partial charge < -0.3 is 15.0 Å². The quantitative estimate of drug-likeness (QED) is 0.915. The molecule has 1 aliphatic heterocycles. The summed E-state index contributed by atoms with van der Waals surface area (Å²) in [5.74, 6) is 0.667. The van der Waals surface area contributed by atoms with Gasteiger partial charge in [0.25, 0.3) is 5.91 Å². The molecule has 6 heteroatoms. The number of aromatic amines is 1. The van der Waals surface area contributed by atoms with Crippen molar-refractivity contribution in [2.45, 2.75) is 26.9 Å². The third kappa shape index (κ3) is 3.10. The van der Waals surface area contributed by atoms with Gasteiger partial charge in [0.05, 0.1) is 0 Å². The molecule has 0 radical (unpaired) electrons. The summed E-state index contributed by atoms with van der Waals surface area (Å²) < 4.78 is 18.4. The van der Waals surface area contributed by atoms with Crippen LogP contribution in [0, 0.1) is 11.2 Å². The number of halogens is 1. The molecule has 1 aromatic heterocycles. The molecule has 0 atom stereocenters. The van der Waals surface area contributed by atoms with E-state index in [-0.39, 0.29) is 23.7 Å². The molecule has 0 spiro atoms. The maximum atomic E-state index is 12.8. The Morgan fingerprint density at radius 1 is 1.32 bits per heavy atom. The first-order chi connectivity index (χ1) is 10.4. The Hall–Kier alpha value is -2.37. The first-order valence-corrected chi connectivity index (χ1v) is 7.17. The molecule has 0 saturated heterocycles. The number of nitrogens with zero attached hydrogens (tertiary/aromatic N) is 1. The van der Waals surface area contributed by atoms with E-state index in [1.807, 2.05) is 0 Å². The Labute approximate surface area is 127 Å². The number of carbonyl (C=O) groups is 1. The molecule has 5 nitrogen and oxygen atoms in total. The minimum Gasteiger partial charge on any atom is -0.486 e. The van der Waals surface area contributed by atoms with Crippen LogP contribution >= 0.6 is 0 Å².